The van der Waals surface area contributed by atoms with Gasteiger partial charge in [-0.25, -0.2) is 10.4 Å². The standard InChI is InChI=1S/C16H24N4O/c1-12-9-14-10-13(3-4-15(14)18-12)16(21)11-17-20-7-5-19(2)6-8-20/h3-4,10,12,17-18H,5-9,11H2,1-2H3. The van der Waals surface area contributed by atoms with Gasteiger partial charge in [0, 0.05) is 43.5 Å². The van der Waals surface area contributed by atoms with Gasteiger partial charge in [-0.1, -0.05) is 0 Å². The number of Topliss-reactive ketones (excluding diaryl/α,β-unsaturated/α-hetero) is 1. The van der Waals surface area contributed by atoms with Crippen molar-refractivity contribution in [1.29, 1.82) is 0 Å². The van der Waals surface area contributed by atoms with Gasteiger partial charge >= 0.3 is 0 Å². The average molecular weight is 288 g/mol. The number of nitrogens with zero attached hydrogens (tertiary/aromatic N) is 2. The molecule has 2 N–H and O–H groups in total. The fourth-order valence-corrected chi connectivity index (χ4v) is 2.97. The summed E-state index contributed by atoms with van der Waals surface area (Å²) < 4.78 is 0. The molecular formula is C16H24N4O. The SMILES string of the molecule is CC1Cc2cc(C(=O)CNN3CCN(C)CC3)ccc2N1. The number of carbonyl (C=O) groups excluding carboxylic acids is 1. The third-order valence-corrected chi connectivity index (χ3v) is 4.32. The van der Waals surface area contributed by atoms with E-state index < -0.39 is 0 Å². The second-order valence-corrected chi connectivity index (χ2v) is 6.17. The van der Waals surface area contributed by atoms with Crippen molar-refractivity contribution in [3.8, 4) is 0 Å². The van der Waals surface area contributed by atoms with E-state index in [1.165, 1.54) is 11.3 Å². The minimum atomic E-state index is 0.163. The lowest BCUT2D eigenvalue weighted by molar-refractivity contribution is 0.0838. The monoisotopic (exact) mass is 288 g/mol. The summed E-state index contributed by atoms with van der Waals surface area (Å²) in [6.45, 7) is 6.57. The van der Waals surface area contributed by atoms with Crippen LogP contribution in [-0.2, 0) is 6.42 Å². The summed E-state index contributed by atoms with van der Waals surface area (Å²) in [5.41, 5.74) is 6.50. The number of likely N-dealkylation sites (N-methyl/N-ethyl adjacent to an activating group) is 1. The molecule has 0 amide bonds. The molecule has 0 bridgehead atoms. The van der Waals surface area contributed by atoms with Gasteiger partial charge in [0.2, 0.25) is 0 Å². The van der Waals surface area contributed by atoms with Crippen LogP contribution in [0.3, 0.4) is 0 Å². The Morgan fingerprint density at radius 3 is 2.86 bits per heavy atom. The molecule has 0 saturated carbocycles. The Morgan fingerprint density at radius 1 is 1.33 bits per heavy atom. The highest BCUT2D eigenvalue weighted by Crippen LogP contribution is 2.26. The maximum atomic E-state index is 12.3. The lowest BCUT2D eigenvalue weighted by Crippen LogP contribution is -2.51. The Hall–Kier alpha value is -1.43. The topological polar surface area (TPSA) is 47.6 Å². The van der Waals surface area contributed by atoms with E-state index in [-0.39, 0.29) is 5.78 Å². The molecule has 5 heteroatoms. The summed E-state index contributed by atoms with van der Waals surface area (Å²) in [4.78, 5) is 14.6. The molecule has 1 aromatic carbocycles. The summed E-state index contributed by atoms with van der Waals surface area (Å²) >= 11 is 0. The summed E-state index contributed by atoms with van der Waals surface area (Å²) in [5, 5.41) is 5.56. The molecule has 3 rings (SSSR count). The predicted molar refractivity (Wildman–Crippen MR) is 84.6 cm³/mol. The zero-order chi connectivity index (χ0) is 14.8. The van der Waals surface area contributed by atoms with E-state index in [1.54, 1.807) is 0 Å². The number of carbonyl (C=O) groups is 1. The van der Waals surface area contributed by atoms with Gasteiger partial charge in [0.25, 0.3) is 0 Å². The highest BCUT2D eigenvalue weighted by atomic mass is 16.1. The number of fused-ring (bicyclic) bond motifs is 1. The van der Waals surface area contributed by atoms with Crippen molar-refractivity contribution in [2.75, 3.05) is 45.1 Å². The first-order valence-corrected chi connectivity index (χ1v) is 7.71. The normalized spacial score (nSPS) is 22.9. The molecule has 2 aliphatic heterocycles. The highest BCUT2D eigenvalue weighted by molar-refractivity contribution is 5.98. The van der Waals surface area contributed by atoms with Gasteiger partial charge in [-0.15, -0.1) is 0 Å². The van der Waals surface area contributed by atoms with E-state index in [0.717, 1.165) is 38.2 Å². The van der Waals surface area contributed by atoms with E-state index >= 15 is 0 Å². The minimum absolute atomic E-state index is 0.163. The Morgan fingerprint density at radius 2 is 2.10 bits per heavy atom. The Bertz CT molecular complexity index is 523. The number of hydrogen-bond donors (Lipinski definition) is 2. The van der Waals surface area contributed by atoms with Crippen LogP contribution in [-0.4, -0.2) is 61.5 Å². The molecule has 114 valence electrons. The number of rotatable bonds is 4. The molecule has 2 heterocycles. The van der Waals surface area contributed by atoms with Crippen LogP contribution in [0.5, 0.6) is 0 Å². The second kappa shape index (κ2) is 6.13. The van der Waals surface area contributed by atoms with Crippen molar-refractivity contribution in [2.45, 2.75) is 19.4 Å². The summed E-state index contributed by atoms with van der Waals surface area (Å²) in [6, 6.07) is 6.47. The Labute approximate surface area is 126 Å². The molecule has 1 saturated heterocycles. The molecule has 0 aliphatic carbocycles. The smallest absolute Gasteiger partial charge is 0.178 e. The molecule has 1 atom stereocenters. The van der Waals surface area contributed by atoms with Gasteiger partial charge in [0.05, 0.1) is 6.54 Å². The van der Waals surface area contributed by atoms with Crippen molar-refractivity contribution >= 4 is 11.5 Å². The third-order valence-electron chi connectivity index (χ3n) is 4.32. The molecular weight excluding hydrogens is 264 g/mol. The highest BCUT2D eigenvalue weighted by Gasteiger charge is 2.19. The third kappa shape index (κ3) is 3.43. The second-order valence-electron chi connectivity index (χ2n) is 6.17. The summed E-state index contributed by atoms with van der Waals surface area (Å²) in [7, 11) is 2.13. The number of ketones is 1. The van der Waals surface area contributed by atoms with Crippen LogP contribution in [0.2, 0.25) is 0 Å². The first-order chi connectivity index (χ1) is 10.1. The number of anilines is 1. The van der Waals surface area contributed by atoms with Gasteiger partial charge in [-0.2, -0.15) is 0 Å². The van der Waals surface area contributed by atoms with E-state index in [4.69, 9.17) is 0 Å². The maximum Gasteiger partial charge on any atom is 0.178 e. The molecule has 0 radical (unpaired) electrons. The van der Waals surface area contributed by atoms with E-state index in [1.807, 2.05) is 18.2 Å². The lowest BCUT2D eigenvalue weighted by atomic mass is 10.0. The number of piperazine rings is 1. The molecule has 0 spiro atoms. The van der Waals surface area contributed by atoms with E-state index in [0.29, 0.717) is 12.6 Å². The first kappa shape index (κ1) is 14.5. The van der Waals surface area contributed by atoms with Crippen LogP contribution in [0.4, 0.5) is 5.69 Å². The molecule has 1 aromatic rings. The van der Waals surface area contributed by atoms with Crippen LogP contribution < -0.4 is 10.7 Å². The fraction of sp³-hybridized carbons (Fsp3) is 0.562. The number of hydrogen-bond acceptors (Lipinski definition) is 5. The van der Waals surface area contributed by atoms with E-state index in [9.17, 15) is 4.79 Å². The summed E-state index contributed by atoms with van der Waals surface area (Å²) in [5.74, 6) is 0.163. The van der Waals surface area contributed by atoms with Gasteiger partial charge < -0.3 is 10.2 Å². The van der Waals surface area contributed by atoms with Crippen molar-refractivity contribution in [2.24, 2.45) is 0 Å². The number of benzene rings is 1. The molecule has 1 fully saturated rings. The number of nitrogens with one attached hydrogen (secondary N) is 2. The quantitative estimate of drug-likeness (QED) is 0.809. The Kier molecular flexibility index (Phi) is 4.24. The largest absolute Gasteiger partial charge is 0.382 e. The first-order valence-electron chi connectivity index (χ1n) is 7.71. The maximum absolute atomic E-state index is 12.3. The van der Waals surface area contributed by atoms with Crippen molar-refractivity contribution in [3.63, 3.8) is 0 Å². The zero-order valence-corrected chi connectivity index (χ0v) is 12.9. The molecule has 21 heavy (non-hydrogen) atoms. The van der Waals surface area contributed by atoms with Crippen molar-refractivity contribution in [1.82, 2.24) is 15.3 Å². The van der Waals surface area contributed by atoms with Crippen LogP contribution in [0.15, 0.2) is 18.2 Å². The van der Waals surface area contributed by atoms with Gasteiger partial charge in [0.15, 0.2) is 5.78 Å². The average Bonchev–Trinajstić information content (AvgIpc) is 2.85. The number of hydrazine groups is 1. The molecule has 0 aromatic heterocycles. The summed E-state index contributed by atoms with van der Waals surface area (Å²) in [6.07, 6.45) is 1.00. The van der Waals surface area contributed by atoms with Crippen LogP contribution in [0.1, 0.15) is 22.8 Å². The van der Waals surface area contributed by atoms with E-state index in [2.05, 4.69) is 34.6 Å². The molecule has 2 aliphatic rings. The van der Waals surface area contributed by atoms with Gasteiger partial charge in [0.1, 0.15) is 0 Å². The molecule has 5 nitrogen and oxygen atoms in total. The zero-order valence-electron chi connectivity index (χ0n) is 12.9. The minimum Gasteiger partial charge on any atom is -0.382 e. The van der Waals surface area contributed by atoms with Crippen molar-refractivity contribution in [3.05, 3.63) is 29.3 Å². The predicted octanol–water partition coefficient (Wildman–Crippen LogP) is 0.978. The van der Waals surface area contributed by atoms with Crippen LogP contribution in [0, 0.1) is 0 Å². The Balaban J connectivity index is 1.55. The molecule has 1 unspecified atom stereocenters. The van der Waals surface area contributed by atoms with Gasteiger partial charge in [-0.05, 0) is 44.2 Å². The van der Waals surface area contributed by atoms with Crippen molar-refractivity contribution < 1.29 is 4.79 Å². The van der Waals surface area contributed by atoms with Gasteiger partial charge in [-0.3, -0.25) is 4.79 Å². The lowest BCUT2D eigenvalue weighted by Gasteiger charge is -2.32. The van der Waals surface area contributed by atoms with Crippen LogP contribution >= 0.6 is 0 Å². The van der Waals surface area contributed by atoms with Crippen LogP contribution in [0.25, 0.3) is 0 Å². The fourth-order valence-electron chi connectivity index (χ4n) is 2.97.